The van der Waals surface area contributed by atoms with Crippen molar-refractivity contribution in [3.8, 4) is 5.75 Å². The van der Waals surface area contributed by atoms with Crippen molar-refractivity contribution in [1.29, 1.82) is 0 Å². The number of nitro groups is 1. The highest BCUT2D eigenvalue weighted by Gasteiger charge is 2.49. The maximum Gasteiger partial charge on any atom is 0.269 e. The van der Waals surface area contributed by atoms with E-state index in [0.717, 1.165) is 12.0 Å². The minimum atomic E-state index is -4.06. The number of hydrogen-bond donors (Lipinski definition) is 0. The molecule has 0 bridgehead atoms. The fourth-order valence-corrected chi connectivity index (χ4v) is 7.40. The van der Waals surface area contributed by atoms with E-state index in [1.54, 1.807) is 42.6 Å². The lowest BCUT2D eigenvalue weighted by Crippen LogP contribution is -2.37. The van der Waals surface area contributed by atoms with Gasteiger partial charge in [-0.25, -0.2) is 8.42 Å². The minimum absolute atomic E-state index is 0.0743. The summed E-state index contributed by atoms with van der Waals surface area (Å²) in [6, 6.07) is 20.7. The zero-order valence-corrected chi connectivity index (χ0v) is 20.8. The molecule has 1 fully saturated rings. The highest BCUT2D eigenvalue weighted by atomic mass is 32.2. The number of fused-ring (bicyclic) bond motifs is 4. The molecule has 3 aromatic carbocycles. The quantitative estimate of drug-likeness (QED) is 0.285. The molecule has 0 amide bonds. The third kappa shape index (κ3) is 3.76. The highest BCUT2D eigenvalue weighted by molar-refractivity contribution is 7.89. The Morgan fingerprint density at radius 3 is 2.70 bits per heavy atom. The van der Waals surface area contributed by atoms with Gasteiger partial charge in [-0.3, -0.25) is 20.0 Å². The maximum atomic E-state index is 14.4. The molecule has 2 atom stereocenters. The Hall–Kier alpha value is -3.86. The van der Waals surface area contributed by atoms with Crippen LogP contribution in [0.5, 0.6) is 5.75 Å². The number of nitrogens with zero attached hydrogens (tertiary/aromatic N) is 4. The number of nitro benzene ring substituents is 1. The average Bonchev–Trinajstić information content (AvgIpc) is 3.33. The molecule has 6 rings (SSSR count). The first-order valence-electron chi connectivity index (χ1n) is 11.9. The molecule has 1 saturated heterocycles. The lowest BCUT2D eigenvalue weighted by molar-refractivity contribution is -0.385. The van der Waals surface area contributed by atoms with Crippen molar-refractivity contribution in [1.82, 2.24) is 14.2 Å². The summed E-state index contributed by atoms with van der Waals surface area (Å²) in [5, 5.41) is 12.0. The zero-order valence-electron chi connectivity index (χ0n) is 20.0. The standard InChI is InChI=1S/C27H24N4O5S/c1-36-24-11-12-25(22-10-5-14-28-26(22)24)37(34,35)30-17-23-21-9-3-2-6-18(21)13-15-29(23)27(30)19-7-4-8-20(16-19)31(32)33/h2-12,14,16,23,27H,13,15,17H2,1H3. The fraction of sp³-hybridized carbons (Fsp3) is 0.222. The maximum absolute atomic E-state index is 14.4. The van der Waals surface area contributed by atoms with Crippen molar-refractivity contribution in [3.05, 3.63) is 106 Å². The van der Waals surface area contributed by atoms with Crippen LogP contribution < -0.4 is 4.74 Å². The topological polar surface area (TPSA) is 106 Å². The lowest BCUT2D eigenvalue weighted by Gasteiger charge is -2.35. The molecule has 10 heteroatoms. The van der Waals surface area contributed by atoms with Crippen LogP contribution in [0, 0.1) is 10.1 Å². The molecule has 2 aliphatic rings. The van der Waals surface area contributed by atoms with Crippen LogP contribution in [0.1, 0.15) is 28.9 Å². The summed E-state index contributed by atoms with van der Waals surface area (Å²) in [7, 11) is -2.54. The molecule has 3 heterocycles. The third-order valence-corrected chi connectivity index (χ3v) is 9.15. The van der Waals surface area contributed by atoms with E-state index in [1.165, 1.54) is 29.1 Å². The van der Waals surface area contributed by atoms with Crippen molar-refractivity contribution >= 4 is 26.6 Å². The molecule has 2 aliphatic heterocycles. The van der Waals surface area contributed by atoms with Crippen molar-refractivity contribution < 1.29 is 18.1 Å². The van der Waals surface area contributed by atoms with Crippen LogP contribution in [0.2, 0.25) is 0 Å². The number of benzene rings is 3. The number of hydrogen-bond acceptors (Lipinski definition) is 7. The second-order valence-electron chi connectivity index (χ2n) is 9.17. The van der Waals surface area contributed by atoms with E-state index >= 15 is 0 Å². The molecule has 0 N–H and O–H groups in total. The molecule has 4 aromatic rings. The highest BCUT2D eigenvalue weighted by Crippen LogP contribution is 2.47. The summed E-state index contributed by atoms with van der Waals surface area (Å²) in [4.78, 5) is 17.7. The molecule has 1 aromatic heterocycles. The molecular formula is C27H24N4O5S. The van der Waals surface area contributed by atoms with Crippen LogP contribution in [-0.4, -0.2) is 47.7 Å². The van der Waals surface area contributed by atoms with Crippen LogP contribution >= 0.6 is 0 Å². The van der Waals surface area contributed by atoms with Gasteiger partial charge in [0.15, 0.2) is 0 Å². The first-order chi connectivity index (χ1) is 17.9. The van der Waals surface area contributed by atoms with E-state index in [4.69, 9.17) is 4.74 Å². The van der Waals surface area contributed by atoms with Gasteiger partial charge in [-0.2, -0.15) is 4.31 Å². The Bertz CT molecular complexity index is 1640. The van der Waals surface area contributed by atoms with E-state index in [-0.39, 0.29) is 23.2 Å². The van der Waals surface area contributed by atoms with E-state index in [2.05, 4.69) is 16.0 Å². The second-order valence-corrected chi connectivity index (χ2v) is 11.0. The number of rotatable bonds is 5. The van der Waals surface area contributed by atoms with E-state index in [0.29, 0.717) is 28.8 Å². The molecule has 0 spiro atoms. The summed E-state index contributed by atoms with van der Waals surface area (Å²) in [6.07, 6.45) is 1.67. The number of sulfonamides is 1. The van der Waals surface area contributed by atoms with E-state index in [9.17, 15) is 18.5 Å². The molecule has 188 valence electrons. The molecule has 0 radical (unpaired) electrons. The Kier molecular flexibility index (Phi) is 5.67. The minimum Gasteiger partial charge on any atom is -0.494 e. The van der Waals surface area contributed by atoms with Gasteiger partial charge in [-0.05, 0) is 47.4 Å². The van der Waals surface area contributed by atoms with Crippen LogP contribution in [0.15, 0.2) is 83.9 Å². The number of methoxy groups -OCH3 is 1. The van der Waals surface area contributed by atoms with Gasteiger partial charge in [-0.1, -0.05) is 36.4 Å². The molecule has 0 saturated carbocycles. The van der Waals surface area contributed by atoms with Crippen molar-refractivity contribution in [3.63, 3.8) is 0 Å². The fourth-order valence-electron chi connectivity index (χ4n) is 5.63. The zero-order chi connectivity index (χ0) is 25.7. The van der Waals surface area contributed by atoms with Gasteiger partial charge in [0.1, 0.15) is 17.4 Å². The average molecular weight is 517 g/mol. The van der Waals surface area contributed by atoms with E-state index < -0.39 is 21.1 Å². The Morgan fingerprint density at radius 2 is 1.89 bits per heavy atom. The van der Waals surface area contributed by atoms with Gasteiger partial charge in [0.05, 0.1) is 23.0 Å². The van der Waals surface area contributed by atoms with Gasteiger partial charge < -0.3 is 4.74 Å². The third-order valence-electron chi connectivity index (χ3n) is 7.27. The molecule has 0 aliphatic carbocycles. The van der Waals surface area contributed by atoms with Crippen molar-refractivity contribution in [2.75, 3.05) is 20.2 Å². The van der Waals surface area contributed by atoms with E-state index in [1.807, 2.05) is 18.2 Å². The summed E-state index contributed by atoms with van der Waals surface area (Å²) in [5.41, 5.74) is 3.23. The first-order valence-corrected chi connectivity index (χ1v) is 13.4. The number of ether oxygens (including phenoxy) is 1. The van der Waals surface area contributed by atoms with Gasteiger partial charge in [0, 0.05) is 36.8 Å². The van der Waals surface area contributed by atoms with Crippen LogP contribution in [0.4, 0.5) is 5.69 Å². The largest absolute Gasteiger partial charge is 0.494 e. The predicted molar refractivity (Wildman–Crippen MR) is 138 cm³/mol. The molecule has 37 heavy (non-hydrogen) atoms. The Labute approximate surface area is 214 Å². The number of pyridine rings is 1. The summed E-state index contributed by atoms with van der Waals surface area (Å²) >= 11 is 0. The van der Waals surface area contributed by atoms with Gasteiger partial charge >= 0.3 is 0 Å². The normalized spacial score (nSPS) is 19.9. The number of aromatic nitrogens is 1. The Morgan fingerprint density at radius 1 is 1.05 bits per heavy atom. The molecular weight excluding hydrogens is 492 g/mol. The van der Waals surface area contributed by atoms with Crippen LogP contribution in [-0.2, 0) is 16.4 Å². The van der Waals surface area contributed by atoms with Crippen LogP contribution in [0.25, 0.3) is 10.9 Å². The van der Waals surface area contributed by atoms with Crippen molar-refractivity contribution in [2.45, 2.75) is 23.5 Å². The summed E-state index contributed by atoms with van der Waals surface area (Å²) in [5.74, 6) is 0.484. The number of non-ortho nitro benzene ring substituents is 1. The molecule has 2 unspecified atom stereocenters. The van der Waals surface area contributed by atoms with Crippen molar-refractivity contribution in [2.24, 2.45) is 0 Å². The van der Waals surface area contributed by atoms with Gasteiger partial charge in [0.25, 0.3) is 5.69 Å². The molecule has 9 nitrogen and oxygen atoms in total. The second kappa shape index (κ2) is 8.91. The summed E-state index contributed by atoms with van der Waals surface area (Å²) in [6.45, 7) is 0.854. The van der Waals surface area contributed by atoms with Gasteiger partial charge in [-0.15, -0.1) is 0 Å². The van der Waals surface area contributed by atoms with Crippen LogP contribution in [0.3, 0.4) is 0 Å². The predicted octanol–water partition coefficient (Wildman–Crippen LogP) is 4.45. The smallest absolute Gasteiger partial charge is 0.269 e. The Balaban J connectivity index is 1.54. The monoisotopic (exact) mass is 516 g/mol. The SMILES string of the molecule is COc1ccc(S(=O)(=O)N2CC3c4ccccc4CCN3C2c2cccc([N+](=O)[O-])c2)c2cccnc12. The lowest BCUT2D eigenvalue weighted by atomic mass is 9.93. The summed E-state index contributed by atoms with van der Waals surface area (Å²) < 4.78 is 35.7. The van der Waals surface area contributed by atoms with Gasteiger partial charge in [0.2, 0.25) is 10.0 Å². The first kappa shape index (κ1) is 23.5.